The first-order valence-corrected chi connectivity index (χ1v) is 8.24. The molecule has 0 saturated carbocycles. The van der Waals surface area contributed by atoms with E-state index in [2.05, 4.69) is 9.98 Å². The quantitative estimate of drug-likeness (QED) is 0.539. The molecule has 0 saturated heterocycles. The first kappa shape index (κ1) is 17.8. The van der Waals surface area contributed by atoms with E-state index in [1.165, 1.54) is 24.4 Å². The Kier molecular flexibility index (Phi) is 4.81. The number of aliphatic imine (C=N–C) groups is 1. The topological polar surface area (TPSA) is 70.4 Å². The lowest BCUT2D eigenvalue weighted by atomic mass is 10.1. The van der Waals surface area contributed by atoms with E-state index < -0.39 is 17.3 Å². The van der Waals surface area contributed by atoms with Crippen LogP contribution in [-0.2, 0) is 0 Å². The third kappa shape index (κ3) is 3.21. The van der Waals surface area contributed by atoms with E-state index >= 15 is 0 Å². The van der Waals surface area contributed by atoms with Crippen LogP contribution in [0.5, 0.6) is 5.88 Å². The largest absolute Gasteiger partial charge is 0.494 e. The fraction of sp³-hybridized carbons (Fsp3) is 0.105. The Labute approximate surface area is 154 Å². The van der Waals surface area contributed by atoms with Gasteiger partial charge in [0.1, 0.15) is 11.4 Å². The second-order valence-corrected chi connectivity index (χ2v) is 6.15. The number of aryl methyl sites for hydroxylation is 1. The van der Waals surface area contributed by atoms with Crippen molar-refractivity contribution in [2.24, 2.45) is 4.99 Å². The molecule has 0 spiro atoms. The molecule has 7 heteroatoms. The molecule has 0 radical (unpaired) electrons. The first-order valence-electron chi connectivity index (χ1n) is 7.83. The van der Waals surface area contributed by atoms with Gasteiger partial charge in [0.2, 0.25) is 5.88 Å². The molecule has 0 unspecified atom stereocenters. The van der Waals surface area contributed by atoms with Gasteiger partial charge in [0.05, 0.1) is 11.4 Å². The fourth-order valence-corrected chi connectivity index (χ4v) is 2.80. The zero-order valence-electron chi connectivity index (χ0n) is 14.2. The molecule has 1 heterocycles. The van der Waals surface area contributed by atoms with Crippen molar-refractivity contribution in [2.45, 2.75) is 13.8 Å². The van der Waals surface area contributed by atoms with Crippen molar-refractivity contribution in [1.82, 2.24) is 9.55 Å². The number of hydrogen-bond acceptors (Lipinski definition) is 4. The summed E-state index contributed by atoms with van der Waals surface area (Å²) in [6.45, 7) is 3.87. The van der Waals surface area contributed by atoms with Crippen LogP contribution in [0.25, 0.3) is 5.69 Å². The van der Waals surface area contributed by atoms with Gasteiger partial charge in [0, 0.05) is 6.21 Å². The van der Waals surface area contributed by atoms with Gasteiger partial charge in [-0.25, -0.2) is 4.39 Å². The van der Waals surface area contributed by atoms with Crippen molar-refractivity contribution in [3.63, 3.8) is 0 Å². The van der Waals surface area contributed by atoms with Gasteiger partial charge in [-0.1, -0.05) is 24.3 Å². The zero-order valence-corrected chi connectivity index (χ0v) is 15.0. The average Bonchev–Trinajstić information content (AvgIpc) is 2.59. The third-order valence-electron chi connectivity index (χ3n) is 4.12. The third-order valence-corrected chi connectivity index (χ3v) is 4.41. The lowest BCUT2D eigenvalue weighted by molar-refractivity contribution is 0.429. The molecule has 0 amide bonds. The number of H-pyrrole nitrogens is 1. The van der Waals surface area contributed by atoms with E-state index in [1.807, 2.05) is 26.0 Å². The van der Waals surface area contributed by atoms with Crippen LogP contribution in [0, 0.1) is 24.4 Å². The molecule has 3 aromatic rings. The minimum Gasteiger partial charge on any atom is -0.494 e. The van der Waals surface area contributed by atoms with Crippen LogP contribution in [0.15, 0.2) is 52.3 Å². The fourth-order valence-electron chi connectivity index (χ4n) is 2.52. The molecule has 0 atom stereocenters. The maximum Gasteiger partial charge on any atom is 0.264 e. The van der Waals surface area contributed by atoms with Crippen molar-refractivity contribution < 1.29 is 9.50 Å². The maximum absolute atomic E-state index is 14.1. The summed E-state index contributed by atoms with van der Waals surface area (Å²) in [5.41, 5.74) is 2.01. The molecule has 0 aliphatic carbocycles. The van der Waals surface area contributed by atoms with Crippen molar-refractivity contribution in [3.05, 3.63) is 80.1 Å². The van der Waals surface area contributed by atoms with Gasteiger partial charge >= 0.3 is 0 Å². The van der Waals surface area contributed by atoms with Crippen molar-refractivity contribution in [2.75, 3.05) is 0 Å². The van der Waals surface area contributed by atoms with Crippen LogP contribution < -0.4 is 5.56 Å². The summed E-state index contributed by atoms with van der Waals surface area (Å²) in [7, 11) is 0. The lowest BCUT2D eigenvalue weighted by Gasteiger charge is -2.11. The van der Waals surface area contributed by atoms with E-state index in [0.29, 0.717) is 5.69 Å². The molecular formula is C19H16FN3O2S. The maximum atomic E-state index is 14.1. The molecular weight excluding hydrogens is 353 g/mol. The molecule has 1 aromatic heterocycles. The number of nitrogens with one attached hydrogen (secondary N) is 1. The number of aromatic hydroxyl groups is 1. The molecule has 132 valence electrons. The van der Waals surface area contributed by atoms with E-state index in [1.54, 1.807) is 12.1 Å². The number of nitrogens with zero attached hydrogens (tertiary/aromatic N) is 2. The Hall–Kier alpha value is -3.06. The number of halogens is 1. The number of aromatic amines is 1. The van der Waals surface area contributed by atoms with Gasteiger partial charge in [0.25, 0.3) is 5.56 Å². The molecule has 2 aromatic carbocycles. The summed E-state index contributed by atoms with van der Waals surface area (Å²) in [6.07, 6.45) is 1.25. The predicted molar refractivity (Wildman–Crippen MR) is 102 cm³/mol. The van der Waals surface area contributed by atoms with E-state index in [0.717, 1.165) is 15.7 Å². The second kappa shape index (κ2) is 7.05. The Morgan fingerprint density at radius 2 is 1.92 bits per heavy atom. The van der Waals surface area contributed by atoms with Crippen molar-refractivity contribution >= 4 is 24.1 Å². The Morgan fingerprint density at radius 3 is 2.65 bits per heavy atom. The lowest BCUT2D eigenvalue weighted by Crippen LogP contribution is -2.18. The highest BCUT2D eigenvalue weighted by Gasteiger charge is 2.15. The molecule has 0 fully saturated rings. The summed E-state index contributed by atoms with van der Waals surface area (Å²) in [5, 5.41) is 10.5. The number of hydrogen-bond donors (Lipinski definition) is 2. The van der Waals surface area contributed by atoms with Gasteiger partial charge in [0.15, 0.2) is 4.77 Å². The van der Waals surface area contributed by atoms with Crippen LogP contribution in [0.1, 0.15) is 16.7 Å². The highest BCUT2D eigenvalue weighted by atomic mass is 32.1. The summed E-state index contributed by atoms with van der Waals surface area (Å²) in [5.74, 6) is -1.05. The summed E-state index contributed by atoms with van der Waals surface area (Å²) < 4.78 is 15.1. The second-order valence-electron chi connectivity index (χ2n) is 5.76. The molecule has 3 rings (SSSR count). The minimum absolute atomic E-state index is 0.0348. The van der Waals surface area contributed by atoms with Gasteiger partial charge < -0.3 is 5.11 Å². The average molecular weight is 369 g/mol. The summed E-state index contributed by atoms with van der Waals surface area (Å²) in [6, 6.07) is 11.4. The van der Waals surface area contributed by atoms with Crippen molar-refractivity contribution in [3.8, 4) is 11.6 Å². The number of benzene rings is 2. The van der Waals surface area contributed by atoms with E-state index in [9.17, 15) is 14.3 Å². The highest BCUT2D eigenvalue weighted by Crippen LogP contribution is 2.23. The van der Waals surface area contributed by atoms with Crippen LogP contribution in [-0.4, -0.2) is 20.9 Å². The summed E-state index contributed by atoms with van der Waals surface area (Å²) in [4.78, 5) is 19.0. The Morgan fingerprint density at radius 1 is 1.19 bits per heavy atom. The first-order chi connectivity index (χ1) is 12.4. The van der Waals surface area contributed by atoms with Gasteiger partial charge in [-0.2, -0.15) is 0 Å². The standard InChI is InChI=1S/C19H16FN3O2S/c1-11-6-5-8-15(12(11)2)21-10-13-17(24)22-19(26)23(18(13)25)16-9-4-3-7-14(16)20/h3-10,25H,1-2H3,(H,22,24,26). The van der Waals surface area contributed by atoms with Crippen LogP contribution >= 0.6 is 12.2 Å². The molecule has 0 aliphatic heterocycles. The van der Waals surface area contributed by atoms with Crippen LogP contribution in [0.2, 0.25) is 0 Å². The summed E-state index contributed by atoms with van der Waals surface area (Å²) >= 11 is 5.08. The Balaban J connectivity index is 2.18. The van der Waals surface area contributed by atoms with E-state index in [4.69, 9.17) is 12.2 Å². The zero-order chi connectivity index (χ0) is 18.8. The number of aromatic nitrogens is 2. The SMILES string of the molecule is Cc1cccc(N=Cc2c(O)n(-c3ccccc3F)c(=S)[nH]c2=O)c1C. The molecule has 26 heavy (non-hydrogen) atoms. The normalized spacial score (nSPS) is 11.2. The van der Waals surface area contributed by atoms with E-state index in [-0.39, 0.29) is 16.0 Å². The predicted octanol–water partition coefficient (Wildman–Crippen LogP) is 4.11. The number of para-hydroxylation sites is 1. The minimum atomic E-state index is -0.603. The molecule has 5 nitrogen and oxygen atoms in total. The van der Waals surface area contributed by atoms with Crippen LogP contribution in [0.3, 0.4) is 0 Å². The Bertz CT molecular complexity index is 1130. The highest BCUT2D eigenvalue weighted by molar-refractivity contribution is 7.71. The molecule has 2 N–H and O–H groups in total. The van der Waals surface area contributed by atoms with Gasteiger partial charge in [-0.05, 0) is 55.4 Å². The van der Waals surface area contributed by atoms with Gasteiger partial charge in [-0.15, -0.1) is 0 Å². The number of rotatable bonds is 3. The van der Waals surface area contributed by atoms with Crippen LogP contribution in [0.4, 0.5) is 10.1 Å². The molecule has 0 aliphatic rings. The van der Waals surface area contributed by atoms with Crippen molar-refractivity contribution in [1.29, 1.82) is 0 Å². The monoisotopic (exact) mass is 369 g/mol. The van der Waals surface area contributed by atoms with Gasteiger partial charge in [-0.3, -0.25) is 19.3 Å². The molecule has 0 bridgehead atoms. The smallest absolute Gasteiger partial charge is 0.264 e.